The summed E-state index contributed by atoms with van der Waals surface area (Å²) in [4.78, 5) is 23.1. The highest BCUT2D eigenvalue weighted by Gasteiger charge is 2.21. The van der Waals surface area contributed by atoms with Gasteiger partial charge in [-0.2, -0.15) is 0 Å². The molecule has 0 saturated carbocycles. The molecule has 2 aromatic rings. The Kier molecular flexibility index (Phi) is 4.89. The van der Waals surface area contributed by atoms with Crippen LogP contribution in [0.5, 0.6) is 0 Å². The molecule has 0 aromatic heterocycles. The number of hydrogen-bond donors (Lipinski definition) is 1. The first-order valence-corrected chi connectivity index (χ1v) is 7.43. The maximum Gasteiger partial charge on any atom is 0.408 e. The lowest BCUT2D eigenvalue weighted by molar-refractivity contribution is -0.306. The third-order valence-electron chi connectivity index (χ3n) is 3.26. The van der Waals surface area contributed by atoms with Crippen LogP contribution in [0.2, 0.25) is 0 Å². The second-order valence-corrected chi connectivity index (χ2v) is 6.34. The highest BCUT2D eigenvalue weighted by atomic mass is 16.6. The molecule has 0 aliphatic rings. The van der Waals surface area contributed by atoms with Gasteiger partial charge in [-0.25, -0.2) is 4.79 Å². The third kappa shape index (κ3) is 4.71. The first-order chi connectivity index (χ1) is 10.8. The zero-order valence-electron chi connectivity index (χ0n) is 13.5. The average molecular weight is 314 g/mol. The number of benzene rings is 2. The van der Waals surface area contributed by atoms with Crippen LogP contribution >= 0.6 is 0 Å². The number of hydrogen-bond acceptors (Lipinski definition) is 4. The molecule has 0 saturated heterocycles. The largest absolute Gasteiger partial charge is 0.550 e. The predicted octanol–water partition coefficient (Wildman–Crippen LogP) is 2.55. The average Bonchev–Trinajstić information content (AvgIpc) is 2.43. The SMILES string of the molecule is CC(C)(C)OC(=O)N[C@@H](CC(=O)[O-])c1cccc2ccccc12. The minimum Gasteiger partial charge on any atom is -0.550 e. The van der Waals surface area contributed by atoms with Crippen molar-refractivity contribution in [2.45, 2.75) is 38.8 Å². The number of carbonyl (C=O) groups is 2. The summed E-state index contributed by atoms with van der Waals surface area (Å²) in [5, 5.41) is 15.6. The van der Waals surface area contributed by atoms with E-state index < -0.39 is 23.7 Å². The lowest BCUT2D eigenvalue weighted by Gasteiger charge is -2.25. The quantitative estimate of drug-likeness (QED) is 0.940. The monoisotopic (exact) mass is 314 g/mol. The van der Waals surface area contributed by atoms with E-state index in [0.29, 0.717) is 0 Å². The van der Waals surface area contributed by atoms with Crippen LogP contribution in [0.4, 0.5) is 4.79 Å². The van der Waals surface area contributed by atoms with E-state index in [9.17, 15) is 14.7 Å². The highest BCUT2D eigenvalue weighted by molar-refractivity contribution is 5.87. The molecule has 0 aliphatic heterocycles. The van der Waals surface area contributed by atoms with E-state index in [1.54, 1.807) is 26.8 Å². The molecule has 0 unspecified atom stereocenters. The van der Waals surface area contributed by atoms with E-state index in [0.717, 1.165) is 16.3 Å². The van der Waals surface area contributed by atoms with E-state index in [1.165, 1.54) is 0 Å². The van der Waals surface area contributed by atoms with Crippen LogP contribution in [-0.4, -0.2) is 17.7 Å². The lowest BCUT2D eigenvalue weighted by atomic mass is 9.97. The first kappa shape index (κ1) is 16.8. The minimum absolute atomic E-state index is 0.326. The molecule has 23 heavy (non-hydrogen) atoms. The van der Waals surface area contributed by atoms with E-state index in [1.807, 2.05) is 36.4 Å². The van der Waals surface area contributed by atoms with Gasteiger partial charge in [0, 0.05) is 12.4 Å². The molecular formula is C18H20NO4-. The van der Waals surface area contributed by atoms with E-state index in [-0.39, 0.29) is 6.42 Å². The summed E-state index contributed by atoms with van der Waals surface area (Å²) in [5.74, 6) is -1.24. The normalized spacial score (nSPS) is 12.7. The van der Waals surface area contributed by atoms with E-state index in [2.05, 4.69) is 5.32 Å². The number of ether oxygens (including phenoxy) is 1. The maximum atomic E-state index is 12.0. The van der Waals surface area contributed by atoms with Gasteiger partial charge in [-0.1, -0.05) is 42.5 Å². The van der Waals surface area contributed by atoms with Crippen LogP contribution in [0, 0.1) is 0 Å². The van der Waals surface area contributed by atoms with Crippen LogP contribution in [0.15, 0.2) is 42.5 Å². The van der Waals surface area contributed by atoms with Gasteiger partial charge < -0.3 is 20.0 Å². The number of nitrogens with one attached hydrogen (secondary N) is 1. The summed E-state index contributed by atoms with van der Waals surface area (Å²) < 4.78 is 5.22. The molecule has 0 radical (unpaired) electrons. The van der Waals surface area contributed by atoms with Crippen molar-refractivity contribution in [1.82, 2.24) is 5.32 Å². The molecule has 0 spiro atoms. The number of rotatable bonds is 4. The van der Waals surface area contributed by atoms with Crippen molar-refractivity contribution in [2.24, 2.45) is 0 Å². The maximum absolute atomic E-state index is 12.0. The number of carboxylic acid groups (broad SMARTS) is 1. The van der Waals surface area contributed by atoms with Gasteiger partial charge in [-0.3, -0.25) is 0 Å². The van der Waals surface area contributed by atoms with Gasteiger partial charge in [0.15, 0.2) is 0 Å². The van der Waals surface area contributed by atoms with Crippen LogP contribution in [0.1, 0.15) is 38.8 Å². The summed E-state index contributed by atoms with van der Waals surface area (Å²) >= 11 is 0. The van der Waals surface area contributed by atoms with Gasteiger partial charge >= 0.3 is 6.09 Å². The Morgan fingerprint density at radius 1 is 1.13 bits per heavy atom. The first-order valence-electron chi connectivity index (χ1n) is 7.43. The van der Waals surface area contributed by atoms with Gasteiger partial charge in [0.25, 0.3) is 0 Å². The molecule has 1 N–H and O–H groups in total. The molecule has 1 amide bonds. The van der Waals surface area contributed by atoms with E-state index >= 15 is 0 Å². The highest BCUT2D eigenvalue weighted by Crippen LogP contribution is 2.26. The Morgan fingerprint density at radius 2 is 1.78 bits per heavy atom. The van der Waals surface area contributed by atoms with Crippen molar-refractivity contribution < 1.29 is 19.4 Å². The van der Waals surface area contributed by atoms with Crippen molar-refractivity contribution in [3.63, 3.8) is 0 Å². The van der Waals surface area contributed by atoms with Crippen LogP contribution in [0.3, 0.4) is 0 Å². The van der Waals surface area contributed by atoms with Gasteiger partial charge in [-0.15, -0.1) is 0 Å². The van der Waals surface area contributed by atoms with Crippen molar-refractivity contribution in [2.75, 3.05) is 0 Å². The summed E-state index contributed by atoms with van der Waals surface area (Å²) in [5.41, 5.74) is 0.0626. The number of fused-ring (bicyclic) bond motifs is 1. The summed E-state index contributed by atoms with van der Waals surface area (Å²) in [6.07, 6.45) is -0.982. The fraction of sp³-hybridized carbons (Fsp3) is 0.333. The Bertz CT molecular complexity index is 713. The molecular weight excluding hydrogens is 294 g/mol. The minimum atomic E-state index is -1.24. The zero-order chi connectivity index (χ0) is 17.0. The molecule has 122 valence electrons. The fourth-order valence-corrected chi connectivity index (χ4v) is 2.41. The summed E-state index contributed by atoms with van der Waals surface area (Å²) in [7, 11) is 0. The topological polar surface area (TPSA) is 78.5 Å². The fourth-order valence-electron chi connectivity index (χ4n) is 2.41. The number of aliphatic carboxylic acids is 1. The molecule has 2 rings (SSSR count). The Hall–Kier alpha value is -2.56. The lowest BCUT2D eigenvalue weighted by Crippen LogP contribution is -2.37. The van der Waals surface area contributed by atoms with Gasteiger partial charge in [0.2, 0.25) is 0 Å². The molecule has 1 atom stereocenters. The molecule has 5 heteroatoms. The molecule has 0 bridgehead atoms. The van der Waals surface area contributed by atoms with Gasteiger partial charge in [0.1, 0.15) is 5.60 Å². The van der Waals surface area contributed by atoms with Gasteiger partial charge in [0.05, 0.1) is 6.04 Å². The number of carbonyl (C=O) groups excluding carboxylic acids is 2. The molecule has 0 heterocycles. The Balaban J connectivity index is 2.34. The van der Waals surface area contributed by atoms with Crippen molar-refractivity contribution in [3.8, 4) is 0 Å². The molecule has 5 nitrogen and oxygen atoms in total. The summed E-state index contributed by atoms with van der Waals surface area (Å²) in [6.45, 7) is 5.24. The summed E-state index contributed by atoms with van der Waals surface area (Å²) in [6, 6.07) is 12.4. The van der Waals surface area contributed by atoms with Crippen molar-refractivity contribution in [1.29, 1.82) is 0 Å². The number of carboxylic acids is 1. The smallest absolute Gasteiger partial charge is 0.408 e. The standard InChI is InChI=1S/C18H21NO4/c1-18(2,3)23-17(22)19-15(11-16(20)21)14-10-6-8-12-7-4-5-9-13(12)14/h4-10,15H,11H2,1-3H3,(H,19,22)(H,20,21)/p-1/t15-/m0/s1. The Labute approximate surface area is 135 Å². The number of amides is 1. The van der Waals surface area contributed by atoms with Crippen LogP contribution in [0.25, 0.3) is 10.8 Å². The third-order valence-corrected chi connectivity index (χ3v) is 3.26. The zero-order valence-corrected chi connectivity index (χ0v) is 13.5. The van der Waals surface area contributed by atoms with Crippen LogP contribution < -0.4 is 10.4 Å². The van der Waals surface area contributed by atoms with Gasteiger partial charge in [-0.05, 0) is 37.1 Å². The van der Waals surface area contributed by atoms with E-state index in [4.69, 9.17) is 4.74 Å². The number of alkyl carbamates (subject to hydrolysis) is 1. The van der Waals surface area contributed by atoms with Crippen molar-refractivity contribution in [3.05, 3.63) is 48.0 Å². The second-order valence-electron chi connectivity index (χ2n) is 6.34. The van der Waals surface area contributed by atoms with Crippen LogP contribution in [-0.2, 0) is 9.53 Å². The second kappa shape index (κ2) is 6.69. The van der Waals surface area contributed by atoms with Crippen molar-refractivity contribution >= 4 is 22.8 Å². The molecule has 0 aliphatic carbocycles. The predicted molar refractivity (Wildman–Crippen MR) is 85.7 cm³/mol. The molecule has 0 fully saturated rings. The Morgan fingerprint density at radius 3 is 2.43 bits per heavy atom. The molecule has 2 aromatic carbocycles.